The molecule has 1 aromatic rings. The molecule has 1 N–H and O–H groups in total. The number of nitrogens with zero attached hydrogens (tertiary/aromatic N) is 2. The maximum Gasteiger partial charge on any atom is 0.0850 e. The molecule has 0 saturated heterocycles. The first-order chi connectivity index (χ1) is 8.81. The third kappa shape index (κ3) is 4.22. The topological polar surface area (TPSA) is 29.9 Å². The third-order valence-corrected chi connectivity index (χ3v) is 4.02. The molecule has 1 aromatic heterocycles. The Bertz CT molecular complexity index is 404. The van der Waals surface area contributed by atoms with Crippen LogP contribution in [0.1, 0.15) is 52.4 Å². The van der Waals surface area contributed by atoms with E-state index in [1.54, 1.807) is 0 Å². The van der Waals surface area contributed by atoms with Crippen molar-refractivity contribution in [1.29, 1.82) is 0 Å². The molecule has 0 saturated carbocycles. The third-order valence-electron chi connectivity index (χ3n) is 3.59. The molecule has 0 aliphatic carbocycles. The molecule has 110 valence electrons. The van der Waals surface area contributed by atoms with E-state index in [9.17, 15) is 0 Å². The summed E-state index contributed by atoms with van der Waals surface area (Å²) in [6, 6.07) is 0.407. The van der Waals surface area contributed by atoms with Gasteiger partial charge in [-0.15, -0.1) is 0 Å². The fraction of sp³-hybridized carbons (Fsp3) is 0.800. The van der Waals surface area contributed by atoms with Crippen molar-refractivity contribution in [2.75, 3.05) is 6.54 Å². The Morgan fingerprint density at radius 2 is 1.95 bits per heavy atom. The number of aryl methyl sites for hydroxylation is 2. The molecule has 19 heavy (non-hydrogen) atoms. The highest BCUT2D eigenvalue weighted by molar-refractivity contribution is 6.31. The molecule has 0 aliphatic rings. The Kier molecular flexibility index (Phi) is 5.87. The molecule has 0 spiro atoms. The number of aromatic nitrogens is 2. The first-order valence-electron chi connectivity index (χ1n) is 7.24. The van der Waals surface area contributed by atoms with Crippen molar-refractivity contribution >= 4 is 11.6 Å². The van der Waals surface area contributed by atoms with Crippen LogP contribution in [0.2, 0.25) is 5.02 Å². The second-order valence-electron chi connectivity index (χ2n) is 6.26. The minimum atomic E-state index is 0.204. The summed E-state index contributed by atoms with van der Waals surface area (Å²) in [6.45, 7) is 12.1. The fourth-order valence-corrected chi connectivity index (χ4v) is 2.61. The zero-order valence-corrected chi connectivity index (χ0v) is 13.9. The lowest BCUT2D eigenvalue weighted by Crippen LogP contribution is -2.42. The lowest BCUT2D eigenvalue weighted by molar-refractivity contribution is 0.263. The van der Waals surface area contributed by atoms with Crippen LogP contribution in [-0.2, 0) is 19.9 Å². The lowest BCUT2D eigenvalue weighted by Gasteiger charge is -2.32. The first-order valence-corrected chi connectivity index (χ1v) is 7.62. The van der Waals surface area contributed by atoms with Gasteiger partial charge in [-0.25, -0.2) is 0 Å². The van der Waals surface area contributed by atoms with Crippen molar-refractivity contribution in [2.24, 2.45) is 12.5 Å². The molecule has 3 nitrogen and oxygen atoms in total. The summed E-state index contributed by atoms with van der Waals surface area (Å²) in [4.78, 5) is 0. The highest BCUT2D eigenvalue weighted by atomic mass is 35.5. The maximum absolute atomic E-state index is 6.45. The molecule has 1 rings (SSSR count). The van der Waals surface area contributed by atoms with Crippen molar-refractivity contribution in [3.63, 3.8) is 0 Å². The van der Waals surface area contributed by atoms with Crippen LogP contribution in [-0.4, -0.2) is 22.4 Å². The Balaban J connectivity index is 2.93. The predicted molar refractivity (Wildman–Crippen MR) is 82.8 cm³/mol. The number of halogens is 1. The van der Waals surface area contributed by atoms with Crippen LogP contribution in [0.25, 0.3) is 0 Å². The van der Waals surface area contributed by atoms with Crippen LogP contribution < -0.4 is 5.32 Å². The SMILES string of the molecule is CCCNC(Cc1c(Cl)c(CC)nn1C)C(C)(C)C. The molecule has 0 fully saturated rings. The van der Waals surface area contributed by atoms with E-state index in [4.69, 9.17) is 11.6 Å². The molecule has 1 atom stereocenters. The molecule has 1 unspecified atom stereocenters. The Morgan fingerprint density at radius 3 is 2.37 bits per heavy atom. The van der Waals surface area contributed by atoms with Gasteiger partial charge in [-0.1, -0.05) is 46.2 Å². The monoisotopic (exact) mass is 285 g/mol. The normalized spacial score (nSPS) is 13.8. The van der Waals surface area contributed by atoms with Crippen molar-refractivity contribution in [3.05, 3.63) is 16.4 Å². The molecule has 1 heterocycles. The number of rotatable bonds is 6. The van der Waals surface area contributed by atoms with Gasteiger partial charge in [-0.2, -0.15) is 5.10 Å². The van der Waals surface area contributed by atoms with Crippen LogP contribution in [0.5, 0.6) is 0 Å². The molecule has 0 radical (unpaired) electrons. The second kappa shape index (κ2) is 6.76. The van der Waals surface area contributed by atoms with E-state index >= 15 is 0 Å². The number of hydrogen-bond donors (Lipinski definition) is 1. The molecular formula is C15H28ClN3. The maximum atomic E-state index is 6.45. The minimum Gasteiger partial charge on any atom is -0.313 e. The van der Waals surface area contributed by atoms with E-state index < -0.39 is 0 Å². The van der Waals surface area contributed by atoms with Crippen LogP contribution in [0.4, 0.5) is 0 Å². The summed E-state index contributed by atoms with van der Waals surface area (Å²) in [5, 5.41) is 8.99. The summed E-state index contributed by atoms with van der Waals surface area (Å²) < 4.78 is 1.94. The minimum absolute atomic E-state index is 0.204. The van der Waals surface area contributed by atoms with Crippen molar-refractivity contribution < 1.29 is 0 Å². The van der Waals surface area contributed by atoms with E-state index in [-0.39, 0.29) is 5.41 Å². The average Bonchev–Trinajstić information content (AvgIpc) is 2.59. The predicted octanol–water partition coefficient (Wildman–Crippen LogP) is 3.59. The summed E-state index contributed by atoms with van der Waals surface area (Å²) >= 11 is 6.45. The molecule has 4 heteroatoms. The average molecular weight is 286 g/mol. The van der Waals surface area contributed by atoms with E-state index in [0.29, 0.717) is 6.04 Å². The zero-order valence-electron chi connectivity index (χ0n) is 13.2. The van der Waals surface area contributed by atoms with Gasteiger partial charge in [0, 0.05) is 19.5 Å². The molecule has 0 amide bonds. The Hall–Kier alpha value is -0.540. The van der Waals surface area contributed by atoms with Crippen LogP contribution in [0, 0.1) is 5.41 Å². The van der Waals surface area contributed by atoms with Gasteiger partial charge >= 0.3 is 0 Å². The van der Waals surface area contributed by atoms with Crippen molar-refractivity contribution in [1.82, 2.24) is 15.1 Å². The van der Waals surface area contributed by atoms with Gasteiger partial charge in [0.1, 0.15) is 0 Å². The zero-order chi connectivity index (χ0) is 14.6. The summed E-state index contributed by atoms with van der Waals surface area (Å²) in [5.41, 5.74) is 2.35. The van der Waals surface area contributed by atoms with E-state index in [0.717, 1.165) is 42.2 Å². The van der Waals surface area contributed by atoms with Gasteiger partial charge in [0.25, 0.3) is 0 Å². The highest BCUT2D eigenvalue weighted by Gasteiger charge is 2.27. The summed E-state index contributed by atoms with van der Waals surface area (Å²) in [5.74, 6) is 0. The van der Waals surface area contributed by atoms with Gasteiger partial charge in [-0.3, -0.25) is 4.68 Å². The van der Waals surface area contributed by atoms with Gasteiger partial charge in [0.05, 0.1) is 16.4 Å². The van der Waals surface area contributed by atoms with Crippen molar-refractivity contribution in [2.45, 2.75) is 59.9 Å². The summed E-state index contributed by atoms with van der Waals surface area (Å²) in [7, 11) is 1.99. The van der Waals surface area contributed by atoms with Gasteiger partial charge < -0.3 is 5.32 Å². The van der Waals surface area contributed by atoms with Gasteiger partial charge in [0.2, 0.25) is 0 Å². The van der Waals surface area contributed by atoms with Crippen molar-refractivity contribution in [3.8, 4) is 0 Å². The fourth-order valence-electron chi connectivity index (χ4n) is 2.24. The largest absolute Gasteiger partial charge is 0.313 e. The molecule has 0 aromatic carbocycles. The van der Waals surface area contributed by atoms with E-state index in [2.05, 4.69) is 45.0 Å². The standard InChI is InChI=1S/C15H28ClN3/c1-7-9-17-13(15(3,4)5)10-12-14(16)11(8-2)18-19(12)6/h13,17H,7-10H2,1-6H3. The quantitative estimate of drug-likeness (QED) is 0.866. The Labute approximate surface area is 122 Å². The Morgan fingerprint density at radius 1 is 1.32 bits per heavy atom. The van der Waals surface area contributed by atoms with Crippen LogP contribution in [0.3, 0.4) is 0 Å². The molecule has 0 bridgehead atoms. The lowest BCUT2D eigenvalue weighted by atomic mass is 9.84. The highest BCUT2D eigenvalue weighted by Crippen LogP contribution is 2.27. The van der Waals surface area contributed by atoms with Crippen LogP contribution in [0.15, 0.2) is 0 Å². The first kappa shape index (κ1) is 16.5. The van der Waals surface area contributed by atoms with Crippen LogP contribution >= 0.6 is 11.6 Å². The number of hydrogen-bond acceptors (Lipinski definition) is 2. The van der Waals surface area contributed by atoms with Gasteiger partial charge in [0.15, 0.2) is 0 Å². The van der Waals surface area contributed by atoms with E-state index in [1.807, 2.05) is 11.7 Å². The summed E-state index contributed by atoms with van der Waals surface area (Å²) in [6.07, 6.45) is 2.95. The molecular weight excluding hydrogens is 258 g/mol. The van der Waals surface area contributed by atoms with Gasteiger partial charge in [-0.05, 0) is 24.8 Å². The van der Waals surface area contributed by atoms with E-state index in [1.165, 1.54) is 0 Å². The number of nitrogens with one attached hydrogen (secondary N) is 1. The second-order valence-corrected chi connectivity index (χ2v) is 6.64. The smallest absolute Gasteiger partial charge is 0.0850 e. The molecule has 0 aliphatic heterocycles.